The molecule has 1 aromatic rings. The van der Waals surface area contributed by atoms with Crippen molar-refractivity contribution in [1.82, 2.24) is 0 Å². The summed E-state index contributed by atoms with van der Waals surface area (Å²) < 4.78 is 10.1. The number of hydrogen-bond acceptors (Lipinski definition) is 6. The third kappa shape index (κ3) is 3.76. The molecule has 1 aromatic carbocycles. The first-order valence-electron chi connectivity index (χ1n) is 6.88. The fraction of sp³-hybridized carbons (Fsp3) is 0.118. The predicted octanol–water partition coefficient (Wildman–Crippen LogP) is 3.46. The van der Waals surface area contributed by atoms with Crippen LogP contribution in [0.2, 0.25) is 5.02 Å². The summed E-state index contributed by atoms with van der Waals surface area (Å²) in [5.74, 6) is -1.46. The number of benzene rings is 1. The Morgan fingerprint density at radius 2 is 1.88 bits per heavy atom. The number of allylic oxidation sites excluding steroid dienone is 2. The SMILES string of the molecule is COC(=O)C1=C(C(=O)OC)N(c2cc(C#N)c(Br)cc2Cl)C=CC=C1. The molecule has 0 bridgehead atoms. The van der Waals surface area contributed by atoms with Gasteiger partial charge in [0.15, 0.2) is 0 Å². The minimum atomic E-state index is -0.755. The van der Waals surface area contributed by atoms with Gasteiger partial charge in [0.25, 0.3) is 0 Å². The second kappa shape index (κ2) is 8.01. The maximum atomic E-state index is 12.4. The van der Waals surface area contributed by atoms with Crippen molar-refractivity contribution in [1.29, 1.82) is 5.26 Å². The zero-order valence-corrected chi connectivity index (χ0v) is 15.6. The third-order valence-corrected chi connectivity index (χ3v) is 4.26. The van der Waals surface area contributed by atoms with Gasteiger partial charge in [0.2, 0.25) is 0 Å². The first kappa shape index (κ1) is 18.8. The molecule has 0 amide bonds. The van der Waals surface area contributed by atoms with Crippen molar-refractivity contribution >= 4 is 45.2 Å². The lowest BCUT2D eigenvalue weighted by Gasteiger charge is -2.24. The molecule has 0 aliphatic carbocycles. The molecule has 0 unspecified atom stereocenters. The van der Waals surface area contributed by atoms with Gasteiger partial charge in [-0.25, -0.2) is 9.59 Å². The van der Waals surface area contributed by atoms with Gasteiger partial charge in [-0.2, -0.15) is 5.26 Å². The molecule has 0 radical (unpaired) electrons. The first-order chi connectivity index (χ1) is 11.9. The van der Waals surface area contributed by atoms with Gasteiger partial charge in [-0.1, -0.05) is 17.7 Å². The van der Waals surface area contributed by atoms with Crippen molar-refractivity contribution < 1.29 is 19.1 Å². The number of ether oxygens (including phenoxy) is 2. The summed E-state index contributed by atoms with van der Waals surface area (Å²) in [6, 6.07) is 5.06. The summed E-state index contributed by atoms with van der Waals surface area (Å²) in [4.78, 5) is 25.8. The molecule has 0 saturated heterocycles. The number of carbonyl (C=O) groups is 2. The highest BCUT2D eigenvalue weighted by Crippen LogP contribution is 2.35. The Kier molecular flexibility index (Phi) is 6.02. The molecular formula is C17H12BrClN2O4. The van der Waals surface area contributed by atoms with Crippen LogP contribution < -0.4 is 4.90 Å². The third-order valence-electron chi connectivity index (χ3n) is 3.31. The van der Waals surface area contributed by atoms with E-state index >= 15 is 0 Å². The Hall–Kier alpha value is -2.56. The Balaban J connectivity index is 2.76. The zero-order valence-electron chi connectivity index (χ0n) is 13.2. The van der Waals surface area contributed by atoms with Gasteiger partial charge >= 0.3 is 11.9 Å². The molecule has 2 rings (SSSR count). The number of nitriles is 1. The summed E-state index contributed by atoms with van der Waals surface area (Å²) in [6.45, 7) is 0. The Morgan fingerprint density at radius 3 is 2.48 bits per heavy atom. The average molecular weight is 424 g/mol. The number of methoxy groups -OCH3 is 2. The summed E-state index contributed by atoms with van der Waals surface area (Å²) in [5.41, 5.74) is 0.571. The average Bonchev–Trinajstić information content (AvgIpc) is 2.83. The quantitative estimate of drug-likeness (QED) is 0.693. The molecule has 1 aliphatic heterocycles. The highest BCUT2D eigenvalue weighted by Gasteiger charge is 2.28. The van der Waals surface area contributed by atoms with Crippen molar-refractivity contribution in [2.24, 2.45) is 0 Å². The topological polar surface area (TPSA) is 79.6 Å². The highest BCUT2D eigenvalue weighted by atomic mass is 79.9. The van der Waals surface area contributed by atoms with Crippen LogP contribution in [0, 0.1) is 11.3 Å². The van der Waals surface area contributed by atoms with Gasteiger partial charge in [-0.15, -0.1) is 0 Å². The van der Waals surface area contributed by atoms with Crippen LogP contribution >= 0.6 is 27.5 Å². The minimum Gasteiger partial charge on any atom is -0.465 e. The van der Waals surface area contributed by atoms with Crippen LogP contribution in [0.5, 0.6) is 0 Å². The molecule has 6 nitrogen and oxygen atoms in total. The summed E-state index contributed by atoms with van der Waals surface area (Å²) in [7, 11) is 2.41. The van der Waals surface area contributed by atoms with E-state index in [-0.39, 0.29) is 16.3 Å². The fourth-order valence-corrected chi connectivity index (χ4v) is 2.98. The van der Waals surface area contributed by atoms with E-state index in [1.807, 2.05) is 6.07 Å². The largest absolute Gasteiger partial charge is 0.465 e. The first-order valence-corrected chi connectivity index (χ1v) is 8.05. The second-order valence-corrected chi connectivity index (χ2v) is 5.97. The molecule has 25 heavy (non-hydrogen) atoms. The van der Waals surface area contributed by atoms with Gasteiger partial charge < -0.3 is 14.4 Å². The standard InChI is InChI=1S/C17H12BrClN2O4/c1-24-16(22)11-5-3-4-6-21(15(11)17(23)25-2)14-7-10(9-20)12(18)8-13(14)19/h3-8H,1-2H3. The van der Waals surface area contributed by atoms with E-state index in [9.17, 15) is 14.9 Å². The number of carbonyl (C=O) groups excluding carboxylic acids is 2. The molecule has 0 aromatic heterocycles. The maximum Gasteiger partial charge on any atom is 0.355 e. The highest BCUT2D eigenvalue weighted by molar-refractivity contribution is 9.10. The summed E-state index contributed by atoms with van der Waals surface area (Å²) >= 11 is 9.54. The maximum absolute atomic E-state index is 12.4. The second-order valence-electron chi connectivity index (χ2n) is 4.71. The zero-order chi connectivity index (χ0) is 18.6. The molecular weight excluding hydrogens is 412 g/mol. The molecule has 0 fully saturated rings. The molecule has 1 heterocycles. The van der Waals surface area contributed by atoms with Gasteiger partial charge in [0.1, 0.15) is 11.8 Å². The van der Waals surface area contributed by atoms with E-state index in [0.717, 1.165) is 0 Å². The van der Waals surface area contributed by atoms with E-state index < -0.39 is 11.9 Å². The summed E-state index contributed by atoms with van der Waals surface area (Å²) in [6.07, 6.45) is 6.16. The van der Waals surface area contributed by atoms with E-state index in [1.54, 1.807) is 12.2 Å². The number of esters is 2. The van der Waals surface area contributed by atoms with Crippen LogP contribution in [0.25, 0.3) is 0 Å². The van der Waals surface area contributed by atoms with Crippen LogP contribution in [0.3, 0.4) is 0 Å². The van der Waals surface area contributed by atoms with Crippen LogP contribution in [0.1, 0.15) is 5.56 Å². The lowest BCUT2D eigenvalue weighted by molar-refractivity contribution is -0.139. The number of rotatable bonds is 3. The number of anilines is 1. The van der Waals surface area contributed by atoms with Crippen molar-refractivity contribution in [2.45, 2.75) is 0 Å². The molecule has 1 aliphatic rings. The van der Waals surface area contributed by atoms with Gasteiger partial charge in [-0.05, 0) is 40.2 Å². The Labute approximate surface area is 157 Å². The van der Waals surface area contributed by atoms with E-state index in [4.69, 9.17) is 21.1 Å². The van der Waals surface area contributed by atoms with E-state index in [2.05, 4.69) is 15.9 Å². The van der Waals surface area contributed by atoms with Gasteiger partial charge in [0, 0.05) is 10.7 Å². The van der Waals surface area contributed by atoms with Gasteiger partial charge in [-0.3, -0.25) is 0 Å². The minimum absolute atomic E-state index is 0.00292. The number of hydrogen-bond donors (Lipinski definition) is 0. The predicted molar refractivity (Wildman–Crippen MR) is 95.7 cm³/mol. The Morgan fingerprint density at radius 1 is 1.20 bits per heavy atom. The van der Waals surface area contributed by atoms with Crippen molar-refractivity contribution in [3.05, 3.63) is 62.9 Å². The molecule has 0 spiro atoms. The molecule has 0 atom stereocenters. The van der Waals surface area contributed by atoms with Crippen LogP contribution in [-0.2, 0) is 19.1 Å². The summed E-state index contributed by atoms with van der Waals surface area (Å²) in [5, 5.41) is 9.50. The normalized spacial score (nSPS) is 13.3. The molecule has 128 valence electrons. The number of nitrogens with zero attached hydrogens (tertiary/aromatic N) is 2. The molecule has 0 saturated carbocycles. The van der Waals surface area contributed by atoms with Crippen LogP contribution in [0.15, 0.2) is 52.3 Å². The number of halogens is 2. The van der Waals surface area contributed by atoms with E-state index in [0.29, 0.717) is 15.7 Å². The van der Waals surface area contributed by atoms with E-state index in [1.165, 1.54) is 43.5 Å². The lowest BCUT2D eigenvalue weighted by Crippen LogP contribution is -2.27. The van der Waals surface area contributed by atoms with Crippen molar-refractivity contribution in [3.8, 4) is 6.07 Å². The molecule has 8 heteroatoms. The smallest absolute Gasteiger partial charge is 0.355 e. The van der Waals surface area contributed by atoms with Crippen LogP contribution in [0.4, 0.5) is 5.69 Å². The fourth-order valence-electron chi connectivity index (χ4n) is 2.16. The lowest BCUT2D eigenvalue weighted by atomic mass is 10.1. The van der Waals surface area contributed by atoms with Gasteiger partial charge in [0.05, 0.1) is 36.1 Å². The Bertz CT molecular complexity index is 868. The molecule has 0 N–H and O–H groups in total. The van der Waals surface area contributed by atoms with Crippen LogP contribution in [-0.4, -0.2) is 26.2 Å². The monoisotopic (exact) mass is 422 g/mol. The van der Waals surface area contributed by atoms with Crippen molar-refractivity contribution in [2.75, 3.05) is 19.1 Å². The van der Waals surface area contributed by atoms with Crippen molar-refractivity contribution in [3.63, 3.8) is 0 Å².